The molecule has 0 fully saturated rings. The topological polar surface area (TPSA) is 19.0 Å². The number of ether oxygens (including phenoxy) is 1. The van der Waals surface area contributed by atoms with E-state index in [1.54, 1.807) is 0 Å². The van der Waals surface area contributed by atoms with Crippen LogP contribution in [0.5, 0.6) is 11.5 Å². The maximum absolute atomic E-state index is 7.42. The smallest absolute Gasteiger partial charge is 0.256 e. The van der Waals surface area contributed by atoms with Crippen molar-refractivity contribution >= 4 is 97.4 Å². The normalized spacial score (nSPS) is 13.6. The number of hydrogen-bond donors (Lipinski definition) is 0. The third kappa shape index (κ3) is 6.75. The summed E-state index contributed by atoms with van der Waals surface area (Å²) in [5.74, 6) is 1.92. The minimum Gasteiger partial charge on any atom is -0.458 e. The fourth-order valence-electron chi connectivity index (χ4n) is 11.6. The van der Waals surface area contributed by atoms with Crippen molar-refractivity contribution in [3.05, 3.63) is 187 Å². The summed E-state index contributed by atoms with van der Waals surface area (Å²) in [6, 6.07) is 66.1. The second-order valence-corrected chi connectivity index (χ2v) is 18.7. The van der Waals surface area contributed by atoms with Gasteiger partial charge in [-0.05, 0) is 142 Å². The van der Waals surface area contributed by atoms with Crippen LogP contribution >= 0.6 is 0 Å². The molecule has 4 aliphatic heterocycles. The largest absolute Gasteiger partial charge is 0.458 e. The van der Waals surface area contributed by atoms with E-state index in [2.05, 4.69) is 204 Å². The van der Waals surface area contributed by atoms with Crippen LogP contribution in [0, 0.1) is 0 Å². The van der Waals surface area contributed by atoms with Crippen molar-refractivity contribution in [1.29, 1.82) is 0 Å². The molecule has 8 aromatic rings. The van der Waals surface area contributed by atoms with Crippen LogP contribution in [0.15, 0.2) is 176 Å². The van der Waals surface area contributed by atoms with Gasteiger partial charge in [-0.2, -0.15) is 0 Å². The van der Waals surface area contributed by atoms with E-state index in [1.807, 2.05) is 0 Å². The van der Waals surface area contributed by atoms with Gasteiger partial charge in [0.25, 0.3) is 13.4 Å². The highest BCUT2D eigenvalue weighted by Crippen LogP contribution is 2.47. The highest BCUT2D eigenvalue weighted by atomic mass is 16.5. The van der Waals surface area contributed by atoms with Gasteiger partial charge in [0.05, 0.1) is 0 Å². The molecule has 4 aliphatic rings. The molecule has 8 aromatic carbocycles. The van der Waals surface area contributed by atoms with Crippen molar-refractivity contribution in [3.8, 4) is 11.5 Å². The molecule has 0 unspecified atom stereocenters. The lowest BCUT2D eigenvalue weighted by Gasteiger charge is -2.45. The van der Waals surface area contributed by atoms with E-state index < -0.39 is 0 Å². The molecule has 0 aromatic heterocycles. The predicted molar refractivity (Wildman–Crippen MR) is 282 cm³/mol. The van der Waals surface area contributed by atoms with Crippen molar-refractivity contribution in [2.45, 2.75) is 78.1 Å². The Balaban J connectivity index is 1.11. The average Bonchev–Trinajstić information content (AvgIpc) is 3.36. The van der Waals surface area contributed by atoms with Gasteiger partial charge in [-0.15, -0.1) is 0 Å². The summed E-state index contributed by atoms with van der Waals surface area (Å²) in [5, 5.41) is 0. The first-order valence-corrected chi connectivity index (χ1v) is 24.6. The maximum atomic E-state index is 7.42. The van der Waals surface area contributed by atoms with Gasteiger partial charge in [0.1, 0.15) is 11.5 Å². The molecule has 4 heterocycles. The fraction of sp³-hybridized carbons (Fsp3) is 0.200. The van der Waals surface area contributed by atoms with Crippen LogP contribution in [0.3, 0.4) is 0 Å². The summed E-state index contributed by atoms with van der Waals surface area (Å²) in [6.45, 7) is 4.59. The lowest BCUT2D eigenvalue weighted by Crippen LogP contribution is -2.64. The minimum atomic E-state index is -0.00876. The SMILES string of the molecule is CCCCCCc1cc2c3c(c1)N(c1ccccc1)c1ccccc1B3c1cc3c(cc1O2)N(c1ccccc1)c1cc(CCCCCC)cc2c1B3c1ccccc1N2c1ccccc1. The zero-order valence-electron chi connectivity index (χ0n) is 38.2. The Bertz CT molecular complexity index is 3080. The van der Waals surface area contributed by atoms with Crippen molar-refractivity contribution < 1.29 is 4.74 Å². The zero-order chi connectivity index (χ0) is 44.1. The number of rotatable bonds is 13. The van der Waals surface area contributed by atoms with Gasteiger partial charge in [-0.3, -0.25) is 0 Å². The molecule has 6 heteroatoms. The van der Waals surface area contributed by atoms with Gasteiger partial charge in [0.2, 0.25) is 0 Å². The van der Waals surface area contributed by atoms with Crippen LogP contribution in [0.25, 0.3) is 0 Å². The summed E-state index contributed by atoms with van der Waals surface area (Å²) in [7, 11) is 0. The summed E-state index contributed by atoms with van der Waals surface area (Å²) in [6.07, 6.45) is 11.9. The molecule has 0 atom stereocenters. The van der Waals surface area contributed by atoms with E-state index in [1.165, 1.54) is 141 Å². The van der Waals surface area contributed by atoms with Crippen LogP contribution in [-0.4, -0.2) is 13.4 Å². The number of fused-ring (bicyclic) bond motifs is 8. The molecule has 322 valence electrons. The van der Waals surface area contributed by atoms with Crippen LogP contribution in [-0.2, 0) is 12.8 Å². The monoisotopic (exact) mass is 855 g/mol. The molecule has 0 N–H and O–H groups in total. The summed E-state index contributed by atoms with van der Waals surface area (Å²) in [5.41, 5.74) is 21.4. The second-order valence-electron chi connectivity index (χ2n) is 18.7. The Labute approximate surface area is 391 Å². The third-order valence-corrected chi connectivity index (χ3v) is 14.6. The first kappa shape index (κ1) is 40.6. The minimum absolute atomic E-state index is 0.00609. The molecule has 66 heavy (non-hydrogen) atoms. The molecule has 0 spiro atoms. The van der Waals surface area contributed by atoms with E-state index in [9.17, 15) is 0 Å². The molecule has 0 aliphatic carbocycles. The van der Waals surface area contributed by atoms with E-state index in [0.29, 0.717) is 0 Å². The first-order chi connectivity index (χ1) is 32.7. The Morgan fingerprint density at radius 1 is 0.348 bits per heavy atom. The quantitative estimate of drug-likeness (QED) is 0.0849. The average molecular weight is 856 g/mol. The number of anilines is 9. The van der Waals surface area contributed by atoms with E-state index in [-0.39, 0.29) is 13.4 Å². The van der Waals surface area contributed by atoms with Gasteiger partial charge in [0, 0.05) is 57.3 Å². The number of aryl methyl sites for hydroxylation is 2. The Morgan fingerprint density at radius 2 is 0.788 bits per heavy atom. The predicted octanol–water partition coefficient (Wildman–Crippen LogP) is 12.4. The molecule has 4 nitrogen and oxygen atoms in total. The van der Waals surface area contributed by atoms with Crippen LogP contribution in [0.2, 0.25) is 0 Å². The van der Waals surface area contributed by atoms with Crippen molar-refractivity contribution in [1.82, 2.24) is 0 Å². The van der Waals surface area contributed by atoms with E-state index >= 15 is 0 Å². The molecule has 0 amide bonds. The maximum Gasteiger partial charge on any atom is 0.256 e. The molecular weight excluding hydrogens is 800 g/mol. The summed E-state index contributed by atoms with van der Waals surface area (Å²) in [4.78, 5) is 7.58. The first-order valence-electron chi connectivity index (χ1n) is 24.6. The van der Waals surface area contributed by atoms with Crippen LogP contribution in [0.4, 0.5) is 51.2 Å². The Hall–Kier alpha value is -6.91. The van der Waals surface area contributed by atoms with Crippen LogP contribution in [0.1, 0.15) is 76.3 Å². The Morgan fingerprint density at radius 3 is 1.30 bits per heavy atom. The Kier molecular flexibility index (Phi) is 10.5. The number of nitrogens with zero attached hydrogens (tertiary/aromatic N) is 3. The van der Waals surface area contributed by atoms with Gasteiger partial charge in [-0.1, -0.05) is 149 Å². The number of unbranched alkanes of at least 4 members (excludes halogenated alkanes) is 6. The van der Waals surface area contributed by atoms with Gasteiger partial charge >= 0.3 is 0 Å². The number of benzene rings is 8. The highest BCUT2D eigenvalue weighted by molar-refractivity contribution is 7.02. The number of para-hydroxylation sites is 5. The standard InChI is InChI=1S/C60H55B2N3O/c1-3-5-7-12-24-42-36-54-59-55(37-42)65(46-30-18-11-19-31-46)53-41-57-50(40-49(53)61(59)47-32-20-22-34-51(47)63(54)44-26-14-9-15-27-44)62-48-33-21-23-35-52(48)64(45-28-16-10-17-29-45)56-38-43(25-13-8-6-4-2)39-58(66-57)60(56)62/h9-11,14-23,26-41H,3-8,12-13,24-25H2,1-2H3. The molecule has 12 rings (SSSR count). The van der Waals surface area contributed by atoms with Crippen molar-refractivity contribution in [3.63, 3.8) is 0 Å². The van der Waals surface area contributed by atoms with Crippen molar-refractivity contribution in [2.75, 3.05) is 14.7 Å². The lowest BCUT2D eigenvalue weighted by atomic mass is 9.30. The second kappa shape index (κ2) is 17.1. The van der Waals surface area contributed by atoms with E-state index in [4.69, 9.17) is 4.74 Å². The van der Waals surface area contributed by atoms with Gasteiger partial charge in [-0.25, -0.2) is 0 Å². The summed E-state index contributed by atoms with van der Waals surface area (Å²) >= 11 is 0. The highest BCUT2D eigenvalue weighted by Gasteiger charge is 2.47. The summed E-state index contributed by atoms with van der Waals surface area (Å²) < 4.78 is 7.42. The van der Waals surface area contributed by atoms with Crippen molar-refractivity contribution in [2.24, 2.45) is 0 Å². The molecule has 0 radical (unpaired) electrons. The van der Waals surface area contributed by atoms with Gasteiger partial charge < -0.3 is 19.4 Å². The zero-order valence-corrected chi connectivity index (χ0v) is 38.2. The van der Waals surface area contributed by atoms with Gasteiger partial charge in [0.15, 0.2) is 0 Å². The molecule has 0 saturated heterocycles. The lowest BCUT2D eigenvalue weighted by molar-refractivity contribution is 0.487. The molecule has 0 bridgehead atoms. The molecular formula is C60H55B2N3O. The van der Waals surface area contributed by atoms with E-state index in [0.717, 1.165) is 30.0 Å². The van der Waals surface area contributed by atoms with Crippen LogP contribution < -0.4 is 52.2 Å². The third-order valence-electron chi connectivity index (χ3n) is 14.6. The number of hydrogen-bond acceptors (Lipinski definition) is 4. The molecule has 0 saturated carbocycles. The fourth-order valence-corrected chi connectivity index (χ4v) is 11.6.